The summed E-state index contributed by atoms with van der Waals surface area (Å²) in [5.41, 5.74) is -0.147. The number of benzene rings is 1. The number of hydrogen-bond donors (Lipinski definition) is 0. The molecule has 2 rings (SSSR count). The number of hydrogen-bond acceptors (Lipinski definition) is 6. The van der Waals surface area contributed by atoms with Gasteiger partial charge < -0.3 is 10.1 Å². The summed E-state index contributed by atoms with van der Waals surface area (Å²) in [4.78, 5) is 20.1. The smallest absolute Gasteiger partial charge is 0.358 e. The van der Waals surface area contributed by atoms with Gasteiger partial charge in [-0.25, -0.2) is 0 Å². The summed E-state index contributed by atoms with van der Waals surface area (Å²) in [6.45, 7) is 0. The van der Waals surface area contributed by atoms with E-state index < -0.39 is 15.7 Å². The van der Waals surface area contributed by atoms with Gasteiger partial charge in [0.2, 0.25) is 0 Å². The topological polar surface area (TPSA) is 112 Å². The fourth-order valence-electron chi connectivity index (χ4n) is 1.41. The van der Waals surface area contributed by atoms with Gasteiger partial charge >= 0.3 is 5.82 Å². The van der Waals surface area contributed by atoms with E-state index in [1.165, 1.54) is 18.2 Å². The highest BCUT2D eigenvalue weighted by Crippen LogP contribution is 2.34. The molecule has 0 saturated heterocycles. The van der Waals surface area contributed by atoms with Crippen LogP contribution < -0.4 is 0 Å². The second-order valence-corrected chi connectivity index (χ2v) is 3.08. The van der Waals surface area contributed by atoms with E-state index in [0.29, 0.717) is 0 Å². The third kappa shape index (κ3) is 1.83. The van der Waals surface area contributed by atoms with Crippen LogP contribution in [-0.2, 0) is 0 Å². The Morgan fingerprint density at radius 1 is 1.06 bits per heavy atom. The Morgan fingerprint density at radius 3 is 2.41 bits per heavy atom. The molecule has 17 heavy (non-hydrogen) atoms. The number of rotatable bonds is 3. The van der Waals surface area contributed by atoms with Gasteiger partial charge in [-0.1, -0.05) is 12.1 Å². The summed E-state index contributed by atoms with van der Waals surface area (Å²) in [7, 11) is 0. The highest BCUT2D eigenvalue weighted by molar-refractivity contribution is 5.77. The second kappa shape index (κ2) is 4.00. The first-order chi connectivity index (χ1) is 8.11. The molecule has 0 aliphatic rings. The molecule has 0 atom stereocenters. The van der Waals surface area contributed by atoms with Gasteiger partial charge in [-0.3, -0.25) is 14.6 Å². The Kier molecular flexibility index (Phi) is 2.53. The van der Waals surface area contributed by atoms with Crippen molar-refractivity contribution in [1.29, 1.82) is 0 Å². The molecule has 2 aromatic rings. The van der Waals surface area contributed by atoms with Crippen molar-refractivity contribution >= 4 is 11.5 Å². The van der Waals surface area contributed by atoms with Gasteiger partial charge in [-0.2, -0.15) is 0 Å². The Hall–Kier alpha value is -2.77. The fraction of sp³-hybridized carbons (Fsp3) is 0. The predicted molar refractivity (Wildman–Crippen MR) is 55.2 cm³/mol. The zero-order valence-electron chi connectivity index (χ0n) is 8.27. The number of nitro groups is 2. The van der Waals surface area contributed by atoms with Crippen molar-refractivity contribution in [2.24, 2.45) is 0 Å². The van der Waals surface area contributed by atoms with Crippen LogP contribution in [0.2, 0.25) is 0 Å². The van der Waals surface area contributed by atoms with Crippen LogP contribution in [0.5, 0.6) is 0 Å². The van der Waals surface area contributed by atoms with E-state index in [9.17, 15) is 20.2 Å². The number of nitro benzene ring substituents is 1. The molecular weight excluding hydrogens is 230 g/mol. The van der Waals surface area contributed by atoms with Gasteiger partial charge in [0.05, 0.1) is 10.5 Å². The molecule has 0 spiro atoms. The van der Waals surface area contributed by atoms with Gasteiger partial charge in [0, 0.05) is 6.07 Å². The van der Waals surface area contributed by atoms with Crippen molar-refractivity contribution in [3.05, 3.63) is 50.8 Å². The normalized spacial score (nSPS) is 10.1. The van der Waals surface area contributed by atoms with Crippen LogP contribution in [0.15, 0.2) is 35.1 Å². The van der Waals surface area contributed by atoms with Gasteiger partial charge in [-0.05, 0) is 11.0 Å². The zero-order chi connectivity index (χ0) is 12.4. The van der Waals surface area contributed by atoms with E-state index in [1.807, 2.05) is 0 Å². The molecule has 0 N–H and O–H groups in total. The average Bonchev–Trinajstić information content (AvgIpc) is 2.77. The van der Waals surface area contributed by atoms with Crippen molar-refractivity contribution in [2.45, 2.75) is 0 Å². The van der Waals surface area contributed by atoms with E-state index in [0.717, 1.165) is 6.26 Å². The number of nitrogens with zero attached hydrogens (tertiary/aromatic N) is 3. The summed E-state index contributed by atoms with van der Waals surface area (Å²) in [6.07, 6.45) is 1.01. The highest BCUT2D eigenvalue weighted by Gasteiger charge is 2.26. The van der Waals surface area contributed by atoms with E-state index >= 15 is 0 Å². The van der Waals surface area contributed by atoms with Crippen molar-refractivity contribution in [3.8, 4) is 11.1 Å². The van der Waals surface area contributed by atoms with Crippen LogP contribution in [0.4, 0.5) is 11.5 Å². The van der Waals surface area contributed by atoms with Crippen molar-refractivity contribution < 1.29 is 14.4 Å². The van der Waals surface area contributed by atoms with Crippen molar-refractivity contribution in [2.75, 3.05) is 0 Å². The average molecular weight is 235 g/mol. The standard InChI is InChI=1S/C9H5N3O5/c13-11(14)8-4-2-1-3-6(8)7-5-17-10-9(7)12(15)16/h1-5H. The molecule has 0 aliphatic carbocycles. The molecule has 1 heterocycles. The lowest BCUT2D eigenvalue weighted by molar-refractivity contribution is -0.390. The zero-order valence-corrected chi connectivity index (χ0v) is 8.27. The summed E-state index contributed by atoms with van der Waals surface area (Å²) in [5.74, 6) is -0.542. The van der Waals surface area contributed by atoms with Gasteiger partial charge in [0.1, 0.15) is 5.56 Å². The second-order valence-electron chi connectivity index (χ2n) is 3.08. The molecule has 1 aromatic heterocycles. The molecule has 8 heteroatoms. The minimum absolute atomic E-state index is 0.0118. The van der Waals surface area contributed by atoms with E-state index in [-0.39, 0.29) is 16.8 Å². The molecule has 0 saturated carbocycles. The highest BCUT2D eigenvalue weighted by atomic mass is 16.6. The molecule has 0 bridgehead atoms. The lowest BCUT2D eigenvalue weighted by Gasteiger charge is -1.98. The van der Waals surface area contributed by atoms with E-state index in [1.54, 1.807) is 6.07 Å². The van der Waals surface area contributed by atoms with E-state index in [2.05, 4.69) is 9.68 Å². The molecule has 0 amide bonds. The van der Waals surface area contributed by atoms with Gasteiger partial charge in [0.15, 0.2) is 11.4 Å². The summed E-state index contributed by atoms with van der Waals surface area (Å²) < 4.78 is 4.48. The quantitative estimate of drug-likeness (QED) is 0.594. The number of para-hydroxylation sites is 1. The Bertz CT molecular complexity index is 592. The Morgan fingerprint density at radius 2 is 1.76 bits per heavy atom. The lowest BCUT2D eigenvalue weighted by Crippen LogP contribution is -1.94. The largest absolute Gasteiger partial charge is 0.421 e. The molecule has 0 radical (unpaired) electrons. The van der Waals surface area contributed by atoms with Gasteiger partial charge in [0.25, 0.3) is 5.69 Å². The predicted octanol–water partition coefficient (Wildman–Crippen LogP) is 2.16. The summed E-state index contributed by atoms with van der Waals surface area (Å²) in [5, 5.41) is 24.6. The molecule has 8 nitrogen and oxygen atoms in total. The molecule has 1 aromatic carbocycles. The Labute approximate surface area is 93.8 Å². The third-order valence-electron chi connectivity index (χ3n) is 2.11. The maximum atomic E-state index is 10.8. The minimum Gasteiger partial charge on any atom is -0.358 e. The maximum Gasteiger partial charge on any atom is 0.421 e. The van der Waals surface area contributed by atoms with Crippen molar-refractivity contribution in [3.63, 3.8) is 0 Å². The van der Waals surface area contributed by atoms with Crippen LogP contribution in [0.3, 0.4) is 0 Å². The molecule has 0 unspecified atom stereocenters. The Balaban J connectivity index is 2.64. The first-order valence-electron chi connectivity index (χ1n) is 4.44. The fourth-order valence-corrected chi connectivity index (χ4v) is 1.41. The molecule has 0 fully saturated rings. The SMILES string of the molecule is O=[N+]([O-])c1ccccc1-c1conc1[N+](=O)[O-]. The monoisotopic (exact) mass is 235 g/mol. The summed E-state index contributed by atoms with van der Waals surface area (Å²) >= 11 is 0. The minimum atomic E-state index is -0.754. The van der Waals surface area contributed by atoms with E-state index in [4.69, 9.17) is 0 Å². The molecular formula is C9H5N3O5. The molecule has 0 aliphatic heterocycles. The van der Waals surface area contributed by atoms with Crippen LogP contribution in [0.25, 0.3) is 11.1 Å². The summed E-state index contributed by atoms with van der Waals surface area (Å²) in [6, 6.07) is 5.67. The number of aromatic nitrogens is 1. The van der Waals surface area contributed by atoms with Crippen LogP contribution in [0, 0.1) is 20.2 Å². The van der Waals surface area contributed by atoms with Crippen LogP contribution in [-0.4, -0.2) is 15.0 Å². The lowest BCUT2D eigenvalue weighted by atomic mass is 10.1. The first-order valence-corrected chi connectivity index (χ1v) is 4.44. The van der Waals surface area contributed by atoms with Crippen molar-refractivity contribution in [1.82, 2.24) is 5.16 Å². The van der Waals surface area contributed by atoms with Crippen LogP contribution >= 0.6 is 0 Å². The maximum absolute atomic E-state index is 10.8. The molecule has 86 valence electrons. The van der Waals surface area contributed by atoms with Crippen LogP contribution in [0.1, 0.15) is 0 Å². The third-order valence-corrected chi connectivity index (χ3v) is 2.11. The van der Waals surface area contributed by atoms with Gasteiger partial charge in [-0.15, -0.1) is 0 Å². The first kappa shape index (κ1) is 10.7.